The fourth-order valence-corrected chi connectivity index (χ4v) is 2.02. The molecule has 0 saturated carbocycles. The number of aliphatic hydroxyl groups excluding tert-OH is 2. The molecular formula is C9H15NO5. The number of aliphatic hydroxyl groups is 2. The first-order valence-electron chi connectivity index (χ1n) is 4.87. The number of nitrogens with one attached hydrogen (secondary N) is 1. The minimum atomic E-state index is -1.07. The van der Waals surface area contributed by atoms with Gasteiger partial charge in [0, 0.05) is 6.92 Å². The summed E-state index contributed by atoms with van der Waals surface area (Å²) in [5.41, 5.74) is -0.876. The van der Waals surface area contributed by atoms with Crippen molar-refractivity contribution >= 4 is 5.91 Å². The lowest BCUT2D eigenvalue weighted by Gasteiger charge is -2.40. The molecule has 6 nitrogen and oxygen atoms in total. The van der Waals surface area contributed by atoms with Crippen molar-refractivity contribution in [1.82, 2.24) is 5.32 Å². The average Bonchev–Trinajstić information content (AvgIpc) is 2.52. The van der Waals surface area contributed by atoms with Crippen LogP contribution in [-0.2, 0) is 14.3 Å². The Bertz CT molecular complexity index is 284. The minimum Gasteiger partial charge on any atom is -0.388 e. The van der Waals surface area contributed by atoms with E-state index in [0.717, 1.165) is 0 Å². The summed E-state index contributed by atoms with van der Waals surface area (Å²) in [6, 6.07) is -0.715. The fourth-order valence-electron chi connectivity index (χ4n) is 2.02. The Labute approximate surface area is 87.2 Å². The Kier molecular flexibility index (Phi) is 2.46. The second-order valence-electron chi connectivity index (χ2n) is 4.27. The van der Waals surface area contributed by atoms with E-state index < -0.39 is 30.1 Å². The summed E-state index contributed by atoms with van der Waals surface area (Å²) in [5.74, 6) is -0.297. The molecule has 1 unspecified atom stereocenters. The highest BCUT2D eigenvalue weighted by atomic mass is 16.7. The van der Waals surface area contributed by atoms with Crippen molar-refractivity contribution in [2.24, 2.45) is 0 Å². The number of hydrogen-bond acceptors (Lipinski definition) is 5. The second kappa shape index (κ2) is 3.41. The summed E-state index contributed by atoms with van der Waals surface area (Å²) in [4.78, 5) is 10.9. The molecule has 3 N–H and O–H groups in total. The molecule has 2 bridgehead atoms. The molecular weight excluding hydrogens is 202 g/mol. The third kappa shape index (κ3) is 1.63. The monoisotopic (exact) mass is 217 g/mol. The largest absolute Gasteiger partial charge is 0.388 e. The second-order valence-corrected chi connectivity index (χ2v) is 4.27. The van der Waals surface area contributed by atoms with Crippen LogP contribution in [0.25, 0.3) is 0 Å². The summed E-state index contributed by atoms with van der Waals surface area (Å²) < 4.78 is 10.7. The van der Waals surface area contributed by atoms with Crippen LogP contribution in [0, 0.1) is 0 Å². The van der Waals surface area contributed by atoms with E-state index >= 15 is 0 Å². The van der Waals surface area contributed by atoms with Crippen LogP contribution in [0.1, 0.15) is 13.8 Å². The molecule has 0 aliphatic carbocycles. The lowest BCUT2D eigenvalue weighted by Crippen LogP contribution is -2.64. The van der Waals surface area contributed by atoms with Gasteiger partial charge in [0.2, 0.25) is 5.91 Å². The zero-order valence-electron chi connectivity index (χ0n) is 8.64. The Morgan fingerprint density at radius 2 is 2.20 bits per heavy atom. The van der Waals surface area contributed by atoms with Gasteiger partial charge in [-0.15, -0.1) is 0 Å². The van der Waals surface area contributed by atoms with Crippen LogP contribution in [0.2, 0.25) is 0 Å². The van der Waals surface area contributed by atoms with Gasteiger partial charge < -0.3 is 25.0 Å². The first-order valence-corrected chi connectivity index (χ1v) is 4.87. The topological polar surface area (TPSA) is 88.0 Å². The van der Waals surface area contributed by atoms with Gasteiger partial charge in [0.1, 0.15) is 23.9 Å². The fraction of sp³-hybridized carbons (Fsp3) is 0.889. The molecule has 6 heteroatoms. The molecule has 5 atom stereocenters. The number of hydrogen-bond donors (Lipinski definition) is 3. The molecule has 2 fully saturated rings. The van der Waals surface area contributed by atoms with Crippen molar-refractivity contribution in [2.75, 3.05) is 6.61 Å². The maximum absolute atomic E-state index is 10.9. The predicted octanol–water partition coefficient (Wildman–Crippen LogP) is -1.64. The summed E-state index contributed by atoms with van der Waals surface area (Å²) in [7, 11) is 0. The minimum absolute atomic E-state index is 0.214. The molecule has 0 aromatic heterocycles. The zero-order chi connectivity index (χ0) is 11.2. The lowest BCUT2D eigenvalue weighted by molar-refractivity contribution is -0.218. The first kappa shape index (κ1) is 10.8. The molecule has 0 spiro atoms. The predicted molar refractivity (Wildman–Crippen MR) is 48.8 cm³/mol. The summed E-state index contributed by atoms with van der Waals surface area (Å²) in [6.07, 6.45) is -2.81. The van der Waals surface area contributed by atoms with Crippen LogP contribution in [0.3, 0.4) is 0 Å². The Hall–Kier alpha value is -0.690. The Balaban J connectivity index is 2.17. The maximum Gasteiger partial charge on any atom is 0.217 e. The van der Waals surface area contributed by atoms with E-state index in [2.05, 4.69) is 5.32 Å². The summed E-state index contributed by atoms with van der Waals surface area (Å²) >= 11 is 0. The van der Waals surface area contributed by atoms with Crippen LogP contribution in [0.15, 0.2) is 0 Å². The smallest absolute Gasteiger partial charge is 0.217 e. The molecule has 2 aliphatic rings. The maximum atomic E-state index is 10.9. The van der Waals surface area contributed by atoms with Gasteiger partial charge >= 0.3 is 0 Å². The van der Waals surface area contributed by atoms with Crippen molar-refractivity contribution in [3.63, 3.8) is 0 Å². The molecule has 15 heavy (non-hydrogen) atoms. The van der Waals surface area contributed by atoms with Crippen LogP contribution < -0.4 is 5.32 Å². The number of carbonyl (C=O) groups is 1. The van der Waals surface area contributed by atoms with Crippen molar-refractivity contribution in [1.29, 1.82) is 0 Å². The number of carbonyl (C=O) groups excluding carboxylic acids is 1. The molecule has 2 saturated heterocycles. The third-order valence-corrected chi connectivity index (χ3v) is 2.90. The molecule has 86 valence electrons. The van der Waals surface area contributed by atoms with E-state index in [4.69, 9.17) is 9.47 Å². The van der Waals surface area contributed by atoms with Gasteiger partial charge in [-0.1, -0.05) is 0 Å². The van der Waals surface area contributed by atoms with Gasteiger partial charge in [0.25, 0.3) is 0 Å². The van der Waals surface area contributed by atoms with E-state index in [1.165, 1.54) is 6.92 Å². The van der Waals surface area contributed by atoms with Gasteiger partial charge in [-0.25, -0.2) is 0 Å². The number of ether oxygens (including phenoxy) is 2. The van der Waals surface area contributed by atoms with Crippen LogP contribution in [-0.4, -0.2) is 52.9 Å². The molecule has 1 amide bonds. The van der Waals surface area contributed by atoms with Gasteiger partial charge in [-0.2, -0.15) is 0 Å². The highest BCUT2D eigenvalue weighted by Gasteiger charge is 2.56. The molecule has 0 aromatic rings. The van der Waals surface area contributed by atoms with E-state index in [0.29, 0.717) is 0 Å². The highest BCUT2D eigenvalue weighted by Crippen LogP contribution is 2.36. The van der Waals surface area contributed by atoms with Crippen LogP contribution in [0.4, 0.5) is 0 Å². The van der Waals surface area contributed by atoms with Crippen molar-refractivity contribution in [2.45, 2.75) is 44.0 Å². The molecule has 2 heterocycles. The normalized spacial score (nSPS) is 49.1. The number of fused-ring (bicyclic) bond motifs is 2. The summed E-state index contributed by atoms with van der Waals surface area (Å²) in [6.45, 7) is 3.22. The van der Waals surface area contributed by atoms with Crippen molar-refractivity contribution in [3.05, 3.63) is 0 Å². The quantitative estimate of drug-likeness (QED) is 0.490. The SMILES string of the molecule is CC(=O)N[C@@H]1C2OC[C@](C)(O2)[C@H](O)[C@@H]1O. The van der Waals surface area contributed by atoms with Gasteiger partial charge in [0.15, 0.2) is 6.29 Å². The van der Waals surface area contributed by atoms with Crippen molar-refractivity contribution < 1.29 is 24.5 Å². The zero-order valence-corrected chi connectivity index (χ0v) is 8.64. The molecule has 2 rings (SSSR count). The van der Waals surface area contributed by atoms with E-state index in [1.54, 1.807) is 6.92 Å². The molecule has 0 radical (unpaired) electrons. The van der Waals surface area contributed by atoms with Gasteiger partial charge in [-0.05, 0) is 6.92 Å². The third-order valence-electron chi connectivity index (χ3n) is 2.90. The Morgan fingerprint density at radius 3 is 2.80 bits per heavy atom. The van der Waals surface area contributed by atoms with E-state index in [1.807, 2.05) is 0 Å². The lowest BCUT2D eigenvalue weighted by atomic mass is 9.89. The molecule has 2 aliphatic heterocycles. The van der Waals surface area contributed by atoms with Crippen molar-refractivity contribution in [3.8, 4) is 0 Å². The van der Waals surface area contributed by atoms with Gasteiger partial charge in [0.05, 0.1) is 6.61 Å². The molecule has 0 aromatic carbocycles. The van der Waals surface area contributed by atoms with Gasteiger partial charge in [-0.3, -0.25) is 4.79 Å². The summed E-state index contributed by atoms with van der Waals surface area (Å²) in [5, 5.41) is 22.1. The average molecular weight is 217 g/mol. The Morgan fingerprint density at radius 1 is 1.53 bits per heavy atom. The highest BCUT2D eigenvalue weighted by molar-refractivity contribution is 5.73. The van der Waals surface area contributed by atoms with Crippen LogP contribution >= 0.6 is 0 Å². The number of rotatable bonds is 1. The standard InChI is InChI=1S/C9H15NO5/c1-4(11)10-5-6(12)7(13)9(2)3-14-8(5)15-9/h5-8,12-13H,3H2,1-2H3,(H,10,11)/t5-,6+,7+,8?,9-/m0/s1. The number of amides is 1. The van der Waals surface area contributed by atoms with E-state index in [9.17, 15) is 15.0 Å². The van der Waals surface area contributed by atoms with Crippen LogP contribution in [0.5, 0.6) is 0 Å². The first-order chi connectivity index (χ1) is 6.94. The van der Waals surface area contributed by atoms with E-state index in [-0.39, 0.29) is 12.5 Å².